The molecule has 0 radical (unpaired) electrons. The van der Waals surface area contributed by atoms with Crippen molar-refractivity contribution < 1.29 is 22.7 Å². The van der Waals surface area contributed by atoms with E-state index in [-0.39, 0.29) is 31.0 Å². The van der Waals surface area contributed by atoms with E-state index in [4.69, 9.17) is 4.74 Å². The summed E-state index contributed by atoms with van der Waals surface area (Å²) in [7, 11) is -3.43. The third kappa shape index (κ3) is 6.48. The molecule has 0 spiro atoms. The van der Waals surface area contributed by atoms with Gasteiger partial charge < -0.3 is 15.0 Å². The molecular formula is C15H27N3O5S. The van der Waals surface area contributed by atoms with Gasteiger partial charge in [-0.2, -0.15) is 4.31 Å². The van der Waals surface area contributed by atoms with Crippen LogP contribution in [0.15, 0.2) is 12.7 Å². The van der Waals surface area contributed by atoms with Crippen LogP contribution in [0, 0.1) is 0 Å². The zero-order valence-corrected chi connectivity index (χ0v) is 15.2. The first-order chi connectivity index (χ1) is 11.3. The maximum atomic E-state index is 12.0. The van der Waals surface area contributed by atoms with Gasteiger partial charge in [0, 0.05) is 38.6 Å². The van der Waals surface area contributed by atoms with Crippen molar-refractivity contribution in [2.75, 3.05) is 39.0 Å². The van der Waals surface area contributed by atoms with Gasteiger partial charge in [0.2, 0.25) is 15.9 Å². The summed E-state index contributed by atoms with van der Waals surface area (Å²) in [5, 5.41) is 2.63. The van der Waals surface area contributed by atoms with Crippen molar-refractivity contribution in [3.63, 3.8) is 0 Å². The molecule has 1 aliphatic rings. The Bertz CT molecular complexity index is 541. The average Bonchev–Trinajstić information content (AvgIpc) is 2.52. The summed E-state index contributed by atoms with van der Waals surface area (Å²) in [6.45, 7) is 6.94. The summed E-state index contributed by atoms with van der Waals surface area (Å²) < 4.78 is 30.4. The Morgan fingerprint density at radius 3 is 2.50 bits per heavy atom. The molecule has 0 saturated carbocycles. The summed E-state index contributed by atoms with van der Waals surface area (Å²) in [4.78, 5) is 25.0. The zero-order chi connectivity index (χ0) is 18.2. The first-order valence-corrected chi connectivity index (χ1v) is 9.90. The second-order valence-corrected chi connectivity index (χ2v) is 7.57. The van der Waals surface area contributed by atoms with E-state index >= 15 is 0 Å². The number of carbonyl (C=O) groups is 2. The van der Waals surface area contributed by atoms with Crippen LogP contribution in [0.3, 0.4) is 0 Å². The first kappa shape index (κ1) is 20.4. The summed E-state index contributed by atoms with van der Waals surface area (Å²) >= 11 is 0. The number of hydrogen-bond donors (Lipinski definition) is 1. The highest BCUT2D eigenvalue weighted by molar-refractivity contribution is 7.88. The number of ether oxygens (including phenoxy) is 1. The van der Waals surface area contributed by atoms with Crippen LogP contribution in [0.1, 0.15) is 26.2 Å². The van der Waals surface area contributed by atoms with Crippen LogP contribution in [-0.4, -0.2) is 74.7 Å². The number of sulfonamides is 1. The molecular weight excluding hydrogens is 334 g/mol. The third-order valence-electron chi connectivity index (χ3n) is 3.83. The van der Waals surface area contributed by atoms with Crippen LogP contribution in [0.4, 0.5) is 4.79 Å². The van der Waals surface area contributed by atoms with Crippen LogP contribution < -0.4 is 5.32 Å². The molecule has 138 valence electrons. The van der Waals surface area contributed by atoms with E-state index in [0.29, 0.717) is 39.1 Å². The number of piperidine rings is 1. The average molecular weight is 361 g/mol. The lowest BCUT2D eigenvalue weighted by Gasteiger charge is -2.36. The Hall–Kier alpha value is -1.61. The molecule has 1 N–H and O–H groups in total. The molecule has 0 aromatic carbocycles. The van der Waals surface area contributed by atoms with Crippen molar-refractivity contribution in [3.8, 4) is 0 Å². The van der Waals surface area contributed by atoms with Gasteiger partial charge in [0.1, 0.15) is 0 Å². The van der Waals surface area contributed by atoms with Crippen molar-refractivity contribution in [1.82, 2.24) is 14.5 Å². The van der Waals surface area contributed by atoms with E-state index in [1.807, 2.05) is 0 Å². The Kier molecular flexibility index (Phi) is 8.20. The van der Waals surface area contributed by atoms with Gasteiger partial charge in [-0.05, 0) is 19.8 Å². The van der Waals surface area contributed by atoms with Gasteiger partial charge in [0.25, 0.3) is 0 Å². The fourth-order valence-corrected chi connectivity index (χ4v) is 3.83. The predicted octanol–water partition coefficient (Wildman–Crippen LogP) is 0.561. The standard InChI is InChI=1S/C15H27N3O5S/c1-4-9-16-14(19)8-12-18(24(3,21)22)13-6-10-17(11-7-13)15(20)23-5-2/h4,13H,1,5-12H2,2-3H3,(H,16,19). The zero-order valence-electron chi connectivity index (χ0n) is 14.4. The molecule has 0 aromatic rings. The molecule has 0 unspecified atom stereocenters. The normalized spacial score (nSPS) is 16.0. The molecule has 9 heteroatoms. The van der Waals surface area contributed by atoms with Crippen LogP contribution in [0.5, 0.6) is 0 Å². The van der Waals surface area contributed by atoms with E-state index in [1.54, 1.807) is 17.9 Å². The maximum absolute atomic E-state index is 12.0. The molecule has 0 bridgehead atoms. The minimum absolute atomic E-state index is 0.0962. The fourth-order valence-electron chi connectivity index (χ4n) is 2.66. The summed E-state index contributed by atoms with van der Waals surface area (Å²) in [6, 6.07) is -0.210. The molecule has 0 aromatic heterocycles. The second kappa shape index (κ2) is 9.63. The molecule has 1 aliphatic heterocycles. The molecule has 1 heterocycles. The molecule has 1 saturated heterocycles. The van der Waals surface area contributed by atoms with Crippen molar-refractivity contribution in [2.45, 2.75) is 32.2 Å². The number of rotatable bonds is 8. The molecule has 1 fully saturated rings. The van der Waals surface area contributed by atoms with Crippen LogP contribution in [0.25, 0.3) is 0 Å². The monoisotopic (exact) mass is 361 g/mol. The van der Waals surface area contributed by atoms with E-state index in [1.165, 1.54) is 4.31 Å². The van der Waals surface area contributed by atoms with Crippen LogP contribution in [0.2, 0.25) is 0 Å². The van der Waals surface area contributed by atoms with Gasteiger partial charge in [0.05, 0.1) is 12.9 Å². The number of hydrogen-bond acceptors (Lipinski definition) is 5. The van der Waals surface area contributed by atoms with Gasteiger partial charge in [-0.3, -0.25) is 4.79 Å². The van der Waals surface area contributed by atoms with Crippen molar-refractivity contribution >= 4 is 22.0 Å². The number of nitrogens with one attached hydrogen (secondary N) is 1. The lowest BCUT2D eigenvalue weighted by molar-refractivity contribution is -0.121. The Labute approximate surface area is 143 Å². The molecule has 24 heavy (non-hydrogen) atoms. The molecule has 1 rings (SSSR count). The van der Waals surface area contributed by atoms with Crippen molar-refractivity contribution in [2.24, 2.45) is 0 Å². The number of amides is 2. The smallest absolute Gasteiger partial charge is 0.409 e. The SMILES string of the molecule is C=CCNC(=O)CCN(C1CCN(C(=O)OCC)CC1)S(C)(=O)=O. The van der Waals surface area contributed by atoms with E-state index in [2.05, 4.69) is 11.9 Å². The van der Waals surface area contributed by atoms with E-state index < -0.39 is 10.0 Å². The highest BCUT2D eigenvalue weighted by atomic mass is 32.2. The quantitative estimate of drug-likeness (QED) is 0.637. The Morgan fingerprint density at radius 1 is 1.38 bits per heavy atom. The lowest BCUT2D eigenvalue weighted by Crippen LogP contribution is -2.49. The van der Waals surface area contributed by atoms with E-state index in [0.717, 1.165) is 6.26 Å². The van der Waals surface area contributed by atoms with Crippen molar-refractivity contribution in [3.05, 3.63) is 12.7 Å². The highest BCUT2D eigenvalue weighted by Gasteiger charge is 2.32. The van der Waals surface area contributed by atoms with Gasteiger partial charge >= 0.3 is 6.09 Å². The van der Waals surface area contributed by atoms with Gasteiger partial charge in [0.15, 0.2) is 0 Å². The topological polar surface area (TPSA) is 96.0 Å². The number of likely N-dealkylation sites (tertiary alicyclic amines) is 1. The van der Waals surface area contributed by atoms with Gasteiger partial charge in [-0.25, -0.2) is 13.2 Å². The minimum Gasteiger partial charge on any atom is -0.450 e. The third-order valence-corrected chi connectivity index (χ3v) is 5.16. The Morgan fingerprint density at radius 2 is 2.00 bits per heavy atom. The number of carbonyl (C=O) groups excluding carboxylic acids is 2. The maximum Gasteiger partial charge on any atom is 0.409 e. The minimum atomic E-state index is -3.43. The predicted molar refractivity (Wildman–Crippen MR) is 91.0 cm³/mol. The van der Waals surface area contributed by atoms with Gasteiger partial charge in [-0.1, -0.05) is 6.08 Å². The first-order valence-electron chi connectivity index (χ1n) is 8.05. The number of nitrogens with zero attached hydrogens (tertiary/aromatic N) is 2. The molecule has 8 nitrogen and oxygen atoms in total. The summed E-state index contributed by atoms with van der Waals surface area (Å²) in [5.41, 5.74) is 0. The second-order valence-electron chi connectivity index (χ2n) is 5.63. The van der Waals surface area contributed by atoms with E-state index in [9.17, 15) is 18.0 Å². The largest absolute Gasteiger partial charge is 0.450 e. The van der Waals surface area contributed by atoms with Crippen LogP contribution >= 0.6 is 0 Å². The highest BCUT2D eigenvalue weighted by Crippen LogP contribution is 2.20. The summed E-state index contributed by atoms with van der Waals surface area (Å²) in [5.74, 6) is -0.215. The van der Waals surface area contributed by atoms with Gasteiger partial charge in [-0.15, -0.1) is 6.58 Å². The molecule has 0 aliphatic carbocycles. The fraction of sp³-hybridized carbons (Fsp3) is 0.733. The summed E-state index contributed by atoms with van der Waals surface area (Å²) in [6.07, 6.45) is 3.49. The Balaban J connectivity index is 2.60. The van der Waals surface area contributed by atoms with Crippen molar-refractivity contribution in [1.29, 1.82) is 0 Å². The molecule has 0 atom stereocenters. The molecule has 2 amide bonds. The lowest BCUT2D eigenvalue weighted by atomic mass is 10.1. The van der Waals surface area contributed by atoms with Crippen LogP contribution in [-0.2, 0) is 19.6 Å².